The van der Waals surface area contributed by atoms with Crippen LogP contribution in [-0.4, -0.2) is 15.8 Å². The summed E-state index contributed by atoms with van der Waals surface area (Å²) in [7, 11) is 0. The fraction of sp³-hybridized carbons (Fsp3) is 0.238. The Morgan fingerprint density at radius 1 is 1.04 bits per heavy atom. The number of carbonyl (C=O) groups is 1. The van der Waals surface area contributed by atoms with Crippen LogP contribution in [0.4, 0.5) is 0 Å². The van der Waals surface area contributed by atoms with Gasteiger partial charge in [-0.05, 0) is 42.7 Å². The van der Waals surface area contributed by atoms with Crippen LogP contribution in [-0.2, 0) is 24.3 Å². The molecular formula is C21H22N2O2. The first-order valence-corrected chi connectivity index (χ1v) is 8.45. The molecule has 0 unspecified atom stereocenters. The maximum Gasteiger partial charge on any atom is 0.223 e. The third-order valence-corrected chi connectivity index (χ3v) is 4.12. The zero-order chi connectivity index (χ0) is 17.5. The monoisotopic (exact) mass is 334 g/mol. The highest BCUT2D eigenvalue weighted by Gasteiger charge is 2.16. The van der Waals surface area contributed by atoms with E-state index >= 15 is 0 Å². The lowest BCUT2D eigenvalue weighted by Gasteiger charge is -2.22. The molecule has 4 nitrogen and oxygen atoms in total. The minimum absolute atomic E-state index is 0.112. The number of furan rings is 1. The van der Waals surface area contributed by atoms with Crippen molar-refractivity contribution < 1.29 is 9.21 Å². The highest BCUT2D eigenvalue weighted by molar-refractivity contribution is 5.76. The van der Waals surface area contributed by atoms with E-state index in [9.17, 15) is 4.79 Å². The lowest BCUT2D eigenvalue weighted by atomic mass is 10.1. The number of amides is 1. The van der Waals surface area contributed by atoms with Gasteiger partial charge >= 0.3 is 0 Å². The van der Waals surface area contributed by atoms with Gasteiger partial charge in [-0.2, -0.15) is 0 Å². The van der Waals surface area contributed by atoms with Crippen LogP contribution in [0.15, 0.2) is 71.6 Å². The van der Waals surface area contributed by atoms with Crippen LogP contribution in [0.3, 0.4) is 0 Å². The quantitative estimate of drug-likeness (QED) is 0.652. The lowest BCUT2D eigenvalue weighted by Crippen LogP contribution is -2.30. The van der Waals surface area contributed by atoms with Crippen LogP contribution in [0, 0.1) is 6.92 Å². The van der Waals surface area contributed by atoms with Gasteiger partial charge in [0.2, 0.25) is 5.91 Å². The second kappa shape index (κ2) is 8.29. The van der Waals surface area contributed by atoms with Crippen molar-refractivity contribution in [3.63, 3.8) is 0 Å². The molecule has 0 aliphatic rings. The summed E-state index contributed by atoms with van der Waals surface area (Å²) in [4.78, 5) is 18.7. The zero-order valence-electron chi connectivity index (χ0n) is 14.4. The van der Waals surface area contributed by atoms with Gasteiger partial charge in [-0.3, -0.25) is 9.78 Å². The minimum Gasteiger partial charge on any atom is -0.467 e. The first-order chi connectivity index (χ1) is 12.2. The SMILES string of the molecule is Cc1ccc(CCC(=O)N(Cc2cccnc2)Cc2ccco2)cc1. The fourth-order valence-electron chi connectivity index (χ4n) is 2.70. The van der Waals surface area contributed by atoms with Gasteiger partial charge in [0.25, 0.3) is 0 Å². The maximum atomic E-state index is 12.8. The van der Waals surface area contributed by atoms with Gasteiger partial charge in [0.15, 0.2) is 0 Å². The van der Waals surface area contributed by atoms with Gasteiger partial charge in [0.1, 0.15) is 5.76 Å². The zero-order valence-corrected chi connectivity index (χ0v) is 14.4. The Bertz CT molecular complexity index is 781. The van der Waals surface area contributed by atoms with E-state index in [4.69, 9.17) is 4.42 Å². The molecule has 3 aromatic rings. The molecule has 0 spiro atoms. The normalized spacial score (nSPS) is 10.6. The molecule has 0 aliphatic heterocycles. The molecule has 3 rings (SSSR count). The minimum atomic E-state index is 0.112. The van der Waals surface area contributed by atoms with Gasteiger partial charge in [0, 0.05) is 25.4 Å². The van der Waals surface area contributed by atoms with E-state index in [1.165, 1.54) is 11.1 Å². The molecule has 2 aromatic heterocycles. The third kappa shape index (κ3) is 5.05. The van der Waals surface area contributed by atoms with Crippen molar-refractivity contribution in [2.45, 2.75) is 32.9 Å². The smallest absolute Gasteiger partial charge is 0.223 e. The first-order valence-electron chi connectivity index (χ1n) is 8.45. The average Bonchev–Trinajstić information content (AvgIpc) is 3.14. The summed E-state index contributed by atoms with van der Waals surface area (Å²) < 4.78 is 5.42. The molecule has 128 valence electrons. The summed E-state index contributed by atoms with van der Waals surface area (Å²) in [5, 5.41) is 0. The van der Waals surface area contributed by atoms with Crippen LogP contribution in [0.25, 0.3) is 0 Å². The maximum absolute atomic E-state index is 12.8. The number of aromatic nitrogens is 1. The van der Waals surface area contributed by atoms with E-state index in [2.05, 4.69) is 36.2 Å². The van der Waals surface area contributed by atoms with Gasteiger partial charge in [-0.25, -0.2) is 0 Å². The van der Waals surface area contributed by atoms with E-state index in [1.807, 2.05) is 29.2 Å². The number of hydrogen-bond donors (Lipinski definition) is 0. The fourth-order valence-corrected chi connectivity index (χ4v) is 2.70. The number of nitrogens with zero attached hydrogens (tertiary/aromatic N) is 2. The number of pyridine rings is 1. The molecule has 1 aromatic carbocycles. The Kier molecular flexibility index (Phi) is 5.62. The highest BCUT2D eigenvalue weighted by atomic mass is 16.3. The molecule has 2 heterocycles. The molecular weight excluding hydrogens is 312 g/mol. The van der Waals surface area contributed by atoms with E-state index in [0.29, 0.717) is 19.5 Å². The summed E-state index contributed by atoms with van der Waals surface area (Å²) in [6.45, 7) is 3.06. The van der Waals surface area contributed by atoms with Crippen molar-refractivity contribution in [3.8, 4) is 0 Å². The van der Waals surface area contributed by atoms with Gasteiger partial charge in [-0.15, -0.1) is 0 Å². The second-order valence-corrected chi connectivity index (χ2v) is 6.18. The summed E-state index contributed by atoms with van der Waals surface area (Å²) in [6.07, 6.45) is 6.38. The first kappa shape index (κ1) is 17.0. The Labute approximate surface area is 148 Å². The van der Waals surface area contributed by atoms with E-state index in [0.717, 1.165) is 17.7 Å². The largest absolute Gasteiger partial charge is 0.467 e. The van der Waals surface area contributed by atoms with Crippen LogP contribution in [0.1, 0.15) is 28.9 Å². The molecule has 25 heavy (non-hydrogen) atoms. The van der Waals surface area contributed by atoms with Crippen molar-refractivity contribution in [2.24, 2.45) is 0 Å². The van der Waals surface area contributed by atoms with E-state index in [-0.39, 0.29) is 5.91 Å². The van der Waals surface area contributed by atoms with Crippen molar-refractivity contribution in [1.82, 2.24) is 9.88 Å². The number of aryl methyl sites for hydroxylation is 2. The molecule has 0 atom stereocenters. The van der Waals surface area contributed by atoms with Gasteiger partial charge < -0.3 is 9.32 Å². The van der Waals surface area contributed by atoms with Crippen LogP contribution in [0.5, 0.6) is 0 Å². The average molecular weight is 334 g/mol. The topological polar surface area (TPSA) is 46.3 Å². The predicted octanol–water partition coefficient (Wildman–Crippen LogP) is 4.14. The summed E-state index contributed by atoms with van der Waals surface area (Å²) in [6, 6.07) is 15.9. The Morgan fingerprint density at radius 3 is 2.56 bits per heavy atom. The molecule has 1 amide bonds. The van der Waals surface area contributed by atoms with Crippen LogP contribution in [0.2, 0.25) is 0 Å². The second-order valence-electron chi connectivity index (χ2n) is 6.18. The summed E-state index contributed by atoms with van der Waals surface area (Å²) in [5.41, 5.74) is 3.42. The molecule has 0 aliphatic carbocycles. The summed E-state index contributed by atoms with van der Waals surface area (Å²) in [5.74, 6) is 0.897. The van der Waals surface area contributed by atoms with Crippen molar-refractivity contribution in [3.05, 3.63) is 89.6 Å². The highest BCUT2D eigenvalue weighted by Crippen LogP contribution is 2.13. The third-order valence-electron chi connectivity index (χ3n) is 4.12. The molecule has 0 fully saturated rings. The molecule has 0 radical (unpaired) electrons. The number of rotatable bonds is 7. The molecule has 0 saturated carbocycles. The van der Waals surface area contributed by atoms with Crippen molar-refractivity contribution >= 4 is 5.91 Å². The predicted molar refractivity (Wildman–Crippen MR) is 96.7 cm³/mol. The van der Waals surface area contributed by atoms with Crippen LogP contribution < -0.4 is 0 Å². The number of carbonyl (C=O) groups excluding carboxylic acids is 1. The Morgan fingerprint density at radius 2 is 1.88 bits per heavy atom. The number of hydrogen-bond acceptors (Lipinski definition) is 3. The van der Waals surface area contributed by atoms with Crippen molar-refractivity contribution in [2.75, 3.05) is 0 Å². The van der Waals surface area contributed by atoms with Gasteiger partial charge in [-0.1, -0.05) is 35.9 Å². The molecule has 0 N–H and O–H groups in total. The molecule has 0 saturated heterocycles. The molecule has 4 heteroatoms. The Balaban J connectivity index is 1.66. The van der Waals surface area contributed by atoms with E-state index < -0.39 is 0 Å². The Hall–Kier alpha value is -2.88. The van der Waals surface area contributed by atoms with E-state index in [1.54, 1.807) is 18.7 Å². The lowest BCUT2D eigenvalue weighted by molar-refractivity contribution is -0.132. The number of benzene rings is 1. The summed E-state index contributed by atoms with van der Waals surface area (Å²) >= 11 is 0. The molecule has 0 bridgehead atoms. The standard InChI is InChI=1S/C21H22N2O2/c1-17-6-8-18(9-7-17)10-11-21(24)23(16-20-5-3-13-25-20)15-19-4-2-12-22-14-19/h2-9,12-14H,10-11,15-16H2,1H3. The van der Waals surface area contributed by atoms with Crippen LogP contribution >= 0.6 is 0 Å². The van der Waals surface area contributed by atoms with Gasteiger partial charge in [0.05, 0.1) is 12.8 Å². The van der Waals surface area contributed by atoms with Crippen molar-refractivity contribution in [1.29, 1.82) is 0 Å².